The van der Waals surface area contributed by atoms with Gasteiger partial charge in [0, 0.05) is 43.6 Å². The first-order valence-electron chi connectivity index (χ1n) is 14.7. The van der Waals surface area contributed by atoms with E-state index in [1.807, 2.05) is 0 Å². The Balaban J connectivity index is 2.54. The summed E-state index contributed by atoms with van der Waals surface area (Å²) in [5.74, 6) is 0.584. The van der Waals surface area contributed by atoms with Crippen molar-refractivity contribution in [3.63, 3.8) is 0 Å². The van der Waals surface area contributed by atoms with Crippen molar-refractivity contribution < 1.29 is 9.59 Å². The van der Waals surface area contributed by atoms with Gasteiger partial charge in [0.1, 0.15) is 0 Å². The maximum Gasteiger partial charge on any atom is 0.222 e. The smallest absolute Gasteiger partial charge is 0.222 e. The van der Waals surface area contributed by atoms with Gasteiger partial charge in [0.2, 0.25) is 11.8 Å². The highest BCUT2D eigenvalue weighted by Crippen LogP contribution is 2.54. The minimum Gasteiger partial charge on any atom is -0.339 e. The molecule has 2 N–H and O–H groups in total. The fraction of sp³-hybridized carbons (Fsp3) is 0.935. The fourth-order valence-corrected chi connectivity index (χ4v) is 6.44. The van der Waals surface area contributed by atoms with Crippen molar-refractivity contribution in [2.24, 2.45) is 27.4 Å². The van der Waals surface area contributed by atoms with E-state index in [1.54, 1.807) is 0 Å². The number of hydrogen-bond donors (Lipinski definition) is 1. The number of carbonyl (C=O) groups excluding carboxylic acids is 2. The third-order valence-corrected chi connectivity index (χ3v) is 10.9. The lowest BCUT2D eigenvalue weighted by molar-refractivity contribution is -0.142. The Morgan fingerprint density at radius 1 is 0.667 bits per heavy atom. The van der Waals surface area contributed by atoms with Crippen LogP contribution in [-0.4, -0.2) is 52.3 Å². The summed E-state index contributed by atoms with van der Waals surface area (Å²) in [6.07, 6.45) is 8.16. The van der Waals surface area contributed by atoms with Gasteiger partial charge < -0.3 is 15.5 Å². The lowest BCUT2D eigenvalue weighted by Gasteiger charge is -2.57. The lowest BCUT2D eigenvalue weighted by atomic mass is 9.54. The Hall–Kier alpha value is -1.10. The molecule has 2 rings (SSSR count). The molecule has 36 heavy (non-hydrogen) atoms. The van der Waals surface area contributed by atoms with Gasteiger partial charge in [0.05, 0.1) is 0 Å². The zero-order valence-electron chi connectivity index (χ0n) is 25.7. The third-order valence-electron chi connectivity index (χ3n) is 10.9. The Labute approximate surface area is 223 Å². The molecule has 0 aromatic heterocycles. The first-order chi connectivity index (χ1) is 16.3. The Morgan fingerprint density at radius 2 is 1.11 bits per heavy atom. The van der Waals surface area contributed by atoms with Gasteiger partial charge in [-0.2, -0.15) is 0 Å². The van der Waals surface area contributed by atoms with Crippen molar-refractivity contribution in [1.82, 2.24) is 9.80 Å². The molecular formula is C31H59N3O2. The zero-order chi connectivity index (χ0) is 27.7. The van der Waals surface area contributed by atoms with Gasteiger partial charge >= 0.3 is 0 Å². The molecule has 0 aromatic rings. The lowest BCUT2D eigenvalue weighted by Crippen LogP contribution is -2.60. The molecule has 0 aromatic carbocycles. The molecule has 0 radical (unpaired) electrons. The molecule has 2 saturated heterocycles. The molecular weight excluding hydrogens is 446 g/mol. The number of rotatable bonds is 11. The summed E-state index contributed by atoms with van der Waals surface area (Å²) in [7, 11) is 0. The highest BCUT2D eigenvalue weighted by Gasteiger charge is 2.53. The topological polar surface area (TPSA) is 66.6 Å². The molecule has 0 bridgehead atoms. The number of nitrogens with two attached hydrogens (primary N) is 1. The van der Waals surface area contributed by atoms with Crippen molar-refractivity contribution in [2.45, 2.75) is 152 Å². The van der Waals surface area contributed by atoms with Crippen LogP contribution in [0.15, 0.2) is 0 Å². The van der Waals surface area contributed by atoms with Gasteiger partial charge in [-0.3, -0.25) is 9.59 Å². The summed E-state index contributed by atoms with van der Waals surface area (Å²) in [4.78, 5) is 30.9. The van der Waals surface area contributed by atoms with Crippen LogP contribution in [-0.2, 0) is 9.59 Å². The van der Waals surface area contributed by atoms with Gasteiger partial charge in [-0.25, -0.2) is 0 Å². The van der Waals surface area contributed by atoms with Crippen molar-refractivity contribution in [1.29, 1.82) is 0 Å². The van der Waals surface area contributed by atoms with E-state index in [1.165, 1.54) is 0 Å². The highest BCUT2D eigenvalue weighted by molar-refractivity contribution is 5.78. The Morgan fingerprint density at radius 3 is 1.58 bits per heavy atom. The highest BCUT2D eigenvalue weighted by atomic mass is 16.2. The predicted octanol–water partition coefficient (Wildman–Crippen LogP) is 6.78. The maximum absolute atomic E-state index is 13.4. The van der Waals surface area contributed by atoms with E-state index < -0.39 is 0 Å². The molecule has 0 aliphatic carbocycles. The van der Waals surface area contributed by atoms with Crippen LogP contribution in [0.25, 0.3) is 0 Å². The molecule has 0 spiro atoms. The van der Waals surface area contributed by atoms with Crippen LogP contribution in [0.5, 0.6) is 0 Å². The van der Waals surface area contributed by atoms with Gasteiger partial charge in [-0.05, 0) is 67.6 Å². The Kier molecular flexibility index (Phi) is 9.46. The molecule has 0 saturated carbocycles. The molecule has 5 nitrogen and oxygen atoms in total. The number of carbonyl (C=O) groups is 2. The van der Waals surface area contributed by atoms with Crippen molar-refractivity contribution >= 4 is 11.8 Å². The van der Waals surface area contributed by atoms with Crippen LogP contribution < -0.4 is 5.73 Å². The van der Waals surface area contributed by atoms with Crippen LogP contribution in [0, 0.1) is 21.7 Å². The van der Waals surface area contributed by atoms with E-state index in [-0.39, 0.29) is 45.2 Å². The molecule has 2 unspecified atom stereocenters. The van der Waals surface area contributed by atoms with Crippen LogP contribution in [0.3, 0.4) is 0 Å². The van der Waals surface area contributed by atoms with E-state index in [9.17, 15) is 9.59 Å². The second kappa shape index (κ2) is 10.9. The number of hydrogen-bond acceptors (Lipinski definition) is 3. The molecule has 2 fully saturated rings. The first-order valence-corrected chi connectivity index (χ1v) is 14.7. The number of likely N-dealkylation sites (tertiary alicyclic amines) is 2. The van der Waals surface area contributed by atoms with E-state index in [0.29, 0.717) is 18.7 Å². The summed E-state index contributed by atoms with van der Waals surface area (Å²) in [6.45, 7) is 27.0. The van der Waals surface area contributed by atoms with Crippen LogP contribution in [0.2, 0.25) is 0 Å². The standard InChI is InChI=1S/C31H59N3O2/c1-12-27(2,3)30(8,9)23(34-20-16-18-26(34)36)21-28(4,5)31(10,11)24(22-29(6,7)32)33-19-15-13-14-17-25(33)35/h23-24H,12-22,32H2,1-11H3. The fourth-order valence-electron chi connectivity index (χ4n) is 6.44. The van der Waals surface area contributed by atoms with E-state index >= 15 is 0 Å². The van der Waals surface area contributed by atoms with Gasteiger partial charge in [-0.15, -0.1) is 0 Å². The largest absolute Gasteiger partial charge is 0.339 e. The zero-order valence-corrected chi connectivity index (χ0v) is 25.7. The molecule has 2 aliphatic heterocycles. The summed E-state index contributed by atoms with van der Waals surface area (Å²) < 4.78 is 0. The first kappa shape index (κ1) is 31.1. The second-order valence-electron chi connectivity index (χ2n) is 15.1. The van der Waals surface area contributed by atoms with E-state index in [2.05, 4.69) is 86.0 Å². The predicted molar refractivity (Wildman–Crippen MR) is 152 cm³/mol. The molecule has 2 atom stereocenters. The quantitative estimate of drug-likeness (QED) is 0.336. The molecule has 2 heterocycles. The van der Waals surface area contributed by atoms with Gasteiger partial charge in [-0.1, -0.05) is 75.2 Å². The Bertz CT molecular complexity index is 775. The summed E-state index contributed by atoms with van der Waals surface area (Å²) in [6, 6.07) is 0.193. The van der Waals surface area contributed by atoms with Gasteiger partial charge in [0.25, 0.3) is 0 Å². The average molecular weight is 506 g/mol. The SMILES string of the molecule is CCC(C)(C)C(C)(C)C(CC(C)(C)C(C)(C)C(CC(C)(C)N)N1CCCCCC1=O)N1CCCC1=O. The summed E-state index contributed by atoms with van der Waals surface area (Å²) >= 11 is 0. The van der Waals surface area contributed by atoms with Gasteiger partial charge in [0.15, 0.2) is 0 Å². The van der Waals surface area contributed by atoms with E-state index in [0.717, 1.165) is 58.0 Å². The van der Waals surface area contributed by atoms with Crippen molar-refractivity contribution in [3.05, 3.63) is 0 Å². The molecule has 2 amide bonds. The number of amides is 2. The van der Waals surface area contributed by atoms with E-state index in [4.69, 9.17) is 5.73 Å². The molecule has 2 aliphatic rings. The normalized spacial score (nSPS) is 21.1. The van der Waals surface area contributed by atoms with Crippen LogP contribution in [0.1, 0.15) is 134 Å². The second-order valence-corrected chi connectivity index (χ2v) is 15.1. The summed E-state index contributed by atoms with van der Waals surface area (Å²) in [5.41, 5.74) is 5.96. The van der Waals surface area contributed by atoms with Crippen LogP contribution >= 0.6 is 0 Å². The minimum atomic E-state index is -0.377. The molecule has 210 valence electrons. The monoisotopic (exact) mass is 505 g/mol. The van der Waals surface area contributed by atoms with Crippen LogP contribution in [0.4, 0.5) is 0 Å². The van der Waals surface area contributed by atoms with Crippen molar-refractivity contribution in [3.8, 4) is 0 Å². The summed E-state index contributed by atoms with van der Waals surface area (Å²) in [5, 5.41) is 0. The minimum absolute atomic E-state index is 0.0512. The third kappa shape index (κ3) is 6.48. The number of nitrogens with zero attached hydrogens (tertiary/aromatic N) is 2. The molecule has 5 heteroatoms. The maximum atomic E-state index is 13.4. The van der Waals surface area contributed by atoms with Crippen molar-refractivity contribution in [2.75, 3.05) is 13.1 Å². The average Bonchev–Trinajstić information content (AvgIpc) is 3.05.